The zero-order chi connectivity index (χ0) is 16.3. The highest BCUT2D eigenvalue weighted by Crippen LogP contribution is 2.33. The molecule has 1 heterocycles. The number of amides is 1. The van der Waals surface area contributed by atoms with Crippen LogP contribution in [0.3, 0.4) is 0 Å². The van der Waals surface area contributed by atoms with Gasteiger partial charge >= 0.3 is 0 Å². The summed E-state index contributed by atoms with van der Waals surface area (Å²) in [6.45, 7) is 4.21. The second kappa shape index (κ2) is 7.47. The summed E-state index contributed by atoms with van der Waals surface area (Å²) in [5, 5.41) is 5.77. The topological polar surface area (TPSA) is 32.3 Å². The van der Waals surface area contributed by atoms with Crippen LogP contribution in [0.5, 0.6) is 0 Å². The summed E-state index contributed by atoms with van der Waals surface area (Å²) in [5.74, 6) is -0.139. The molecule has 6 heteroatoms. The lowest BCUT2D eigenvalue weighted by molar-refractivity contribution is -0.117. The molecule has 0 aliphatic heterocycles. The van der Waals surface area contributed by atoms with E-state index in [1.54, 1.807) is 17.4 Å². The van der Waals surface area contributed by atoms with E-state index < -0.39 is 0 Å². The predicted octanol–water partition coefficient (Wildman–Crippen LogP) is 4.99. The number of nitrogens with zero attached hydrogens (tertiary/aromatic N) is 1. The first-order valence-corrected chi connectivity index (χ1v) is 8.51. The molecule has 22 heavy (non-hydrogen) atoms. The standard InChI is InChI=1S/C16H18Cl2N2OS/c1-10-6-7-12(17)16(15(10)18)19-14(21)9-20(3)11(2)13-5-4-8-22-13/h4-8,11H,9H2,1-3H3,(H,19,21). The quantitative estimate of drug-likeness (QED) is 0.817. The first kappa shape index (κ1) is 17.3. The average molecular weight is 357 g/mol. The SMILES string of the molecule is Cc1ccc(Cl)c(NC(=O)CN(C)C(C)c2cccs2)c1Cl. The number of nitrogens with one attached hydrogen (secondary N) is 1. The Morgan fingerprint density at radius 1 is 1.36 bits per heavy atom. The molecule has 0 radical (unpaired) electrons. The van der Waals surface area contributed by atoms with Gasteiger partial charge in [-0.15, -0.1) is 11.3 Å². The fraction of sp³-hybridized carbons (Fsp3) is 0.312. The number of halogens is 2. The molecule has 0 bridgehead atoms. The lowest BCUT2D eigenvalue weighted by atomic mass is 10.2. The molecule has 1 amide bonds. The summed E-state index contributed by atoms with van der Waals surface area (Å²) < 4.78 is 0. The van der Waals surface area contributed by atoms with E-state index in [-0.39, 0.29) is 18.5 Å². The number of likely N-dealkylation sites (N-methyl/N-ethyl adjacent to an activating group) is 1. The lowest BCUT2D eigenvalue weighted by Crippen LogP contribution is -2.32. The van der Waals surface area contributed by atoms with Crippen molar-refractivity contribution in [2.45, 2.75) is 19.9 Å². The zero-order valence-corrected chi connectivity index (χ0v) is 15.0. The third-order valence-corrected chi connectivity index (χ3v) is 5.40. The number of anilines is 1. The number of benzene rings is 1. The van der Waals surface area contributed by atoms with E-state index in [0.717, 1.165) is 5.56 Å². The molecule has 0 saturated carbocycles. The minimum absolute atomic E-state index is 0.139. The van der Waals surface area contributed by atoms with E-state index in [0.29, 0.717) is 15.7 Å². The van der Waals surface area contributed by atoms with Gasteiger partial charge in [-0.3, -0.25) is 9.69 Å². The van der Waals surface area contributed by atoms with Gasteiger partial charge < -0.3 is 5.32 Å². The van der Waals surface area contributed by atoms with Gasteiger partial charge in [0.1, 0.15) is 0 Å². The van der Waals surface area contributed by atoms with Crippen LogP contribution in [-0.4, -0.2) is 24.4 Å². The molecule has 1 N–H and O–H groups in total. The monoisotopic (exact) mass is 356 g/mol. The molecular formula is C16H18Cl2N2OS. The van der Waals surface area contributed by atoms with Crippen LogP contribution in [0, 0.1) is 6.92 Å². The summed E-state index contributed by atoms with van der Waals surface area (Å²) in [5.41, 5.74) is 1.35. The second-order valence-electron chi connectivity index (χ2n) is 5.21. The molecule has 1 aromatic carbocycles. The van der Waals surface area contributed by atoms with Crippen molar-refractivity contribution < 1.29 is 4.79 Å². The summed E-state index contributed by atoms with van der Waals surface area (Å²) >= 11 is 14.0. The van der Waals surface area contributed by atoms with E-state index in [4.69, 9.17) is 23.2 Å². The van der Waals surface area contributed by atoms with Crippen LogP contribution in [-0.2, 0) is 4.79 Å². The number of rotatable bonds is 5. The van der Waals surface area contributed by atoms with Crippen LogP contribution in [0.25, 0.3) is 0 Å². The van der Waals surface area contributed by atoms with Crippen LogP contribution in [0.2, 0.25) is 10.0 Å². The van der Waals surface area contributed by atoms with Crippen molar-refractivity contribution in [1.82, 2.24) is 4.90 Å². The first-order valence-electron chi connectivity index (χ1n) is 6.88. The highest BCUT2D eigenvalue weighted by atomic mass is 35.5. The Labute approximate surface area is 144 Å². The maximum Gasteiger partial charge on any atom is 0.238 e. The van der Waals surface area contributed by atoms with Gasteiger partial charge in [0.15, 0.2) is 0 Å². The van der Waals surface area contributed by atoms with Crippen molar-refractivity contribution in [2.75, 3.05) is 18.9 Å². The third-order valence-electron chi connectivity index (χ3n) is 3.56. The number of aryl methyl sites for hydroxylation is 1. The highest BCUT2D eigenvalue weighted by Gasteiger charge is 2.17. The van der Waals surface area contributed by atoms with Crippen molar-refractivity contribution in [2.24, 2.45) is 0 Å². The Bertz CT molecular complexity index is 658. The van der Waals surface area contributed by atoms with Gasteiger partial charge in [-0.2, -0.15) is 0 Å². The van der Waals surface area contributed by atoms with Crippen molar-refractivity contribution >= 4 is 46.1 Å². The molecule has 118 valence electrons. The van der Waals surface area contributed by atoms with Gasteiger partial charge in [-0.05, 0) is 44.0 Å². The molecule has 0 saturated heterocycles. The van der Waals surface area contributed by atoms with Crippen LogP contribution >= 0.6 is 34.5 Å². The molecule has 1 aromatic heterocycles. The molecule has 0 aliphatic rings. The van der Waals surface area contributed by atoms with Gasteiger partial charge in [0, 0.05) is 10.9 Å². The Kier molecular flexibility index (Phi) is 5.87. The first-order chi connectivity index (χ1) is 10.4. The minimum atomic E-state index is -0.139. The third kappa shape index (κ3) is 4.02. The van der Waals surface area contributed by atoms with E-state index in [1.165, 1.54) is 4.88 Å². The van der Waals surface area contributed by atoms with Crippen LogP contribution in [0.1, 0.15) is 23.4 Å². The summed E-state index contributed by atoms with van der Waals surface area (Å²) in [6.07, 6.45) is 0. The van der Waals surface area contributed by atoms with Gasteiger partial charge in [0.2, 0.25) is 5.91 Å². The summed E-state index contributed by atoms with van der Waals surface area (Å²) in [4.78, 5) is 15.5. The van der Waals surface area contributed by atoms with Crippen molar-refractivity contribution in [3.63, 3.8) is 0 Å². The van der Waals surface area contributed by atoms with Gasteiger partial charge in [0.25, 0.3) is 0 Å². The molecule has 0 spiro atoms. The lowest BCUT2D eigenvalue weighted by Gasteiger charge is -2.23. The largest absolute Gasteiger partial charge is 0.322 e. The van der Waals surface area contributed by atoms with Crippen LogP contribution in [0.15, 0.2) is 29.6 Å². The van der Waals surface area contributed by atoms with Crippen LogP contribution in [0.4, 0.5) is 5.69 Å². The van der Waals surface area contributed by atoms with E-state index >= 15 is 0 Å². The fourth-order valence-electron chi connectivity index (χ4n) is 2.06. The highest BCUT2D eigenvalue weighted by molar-refractivity contribution is 7.10. The molecule has 1 atom stereocenters. The number of thiophene rings is 1. The summed E-state index contributed by atoms with van der Waals surface area (Å²) in [7, 11) is 1.92. The van der Waals surface area contributed by atoms with E-state index in [2.05, 4.69) is 18.3 Å². The predicted molar refractivity (Wildman–Crippen MR) is 95.2 cm³/mol. The normalized spacial score (nSPS) is 12.5. The summed E-state index contributed by atoms with van der Waals surface area (Å²) in [6, 6.07) is 7.81. The Balaban J connectivity index is 2.03. The molecule has 0 aliphatic carbocycles. The molecule has 2 rings (SSSR count). The van der Waals surface area contributed by atoms with Crippen molar-refractivity contribution in [1.29, 1.82) is 0 Å². The van der Waals surface area contributed by atoms with Crippen LogP contribution < -0.4 is 5.32 Å². The molecule has 1 unspecified atom stereocenters. The number of carbonyl (C=O) groups is 1. The minimum Gasteiger partial charge on any atom is -0.322 e. The zero-order valence-electron chi connectivity index (χ0n) is 12.7. The maximum atomic E-state index is 12.2. The molecule has 0 fully saturated rings. The number of carbonyl (C=O) groups excluding carboxylic acids is 1. The number of hydrogen-bond acceptors (Lipinski definition) is 3. The molecule has 3 nitrogen and oxygen atoms in total. The van der Waals surface area contributed by atoms with Gasteiger partial charge in [-0.1, -0.05) is 35.3 Å². The fourth-order valence-corrected chi connectivity index (χ4v) is 3.37. The Hall–Kier alpha value is -1.07. The van der Waals surface area contributed by atoms with Gasteiger partial charge in [0.05, 0.1) is 22.3 Å². The van der Waals surface area contributed by atoms with Crippen molar-refractivity contribution in [3.05, 3.63) is 50.1 Å². The van der Waals surface area contributed by atoms with E-state index in [1.807, 2.05) is 36.4 Å². The maximum absolute atomic E-state index is 12.2. The average Bonchev–Trinajstić information content (AvgIpc) is 3.01. The number of hydrogen-bond donors (Lipinski definition) is 1. The Morgan fingerprint density at radius 2 is 2.09 bits per heavy atom. The molecular weight excluding hydrogens is 339 g/mol. The second-order valence-corrected chi connectivity index (χ2v) is 6.97. The van der Waals surface area contributed by atoms with Gasteiger partial charge in [-0.25, -0.2) is 0 Å². The van der Waals surface area contributed by atoms with Crippen molar-refractivity contribution in [3.8, 4) is 0 Å². The van der Waals surface area contributed by atoms with E-state index in [9.17, 15) is 4.79 Å². The smallest absolute Gasteiger partial charge is 0.238 e. The Morgan fingerprint density at radius 3 is 2.73 bits per heavy atom. The molecule has 2 aromatic rings.